The Bertz CT molecular complexity index is 856. The molecule has 0 heterocycles. The molecule has 0 amide bonds. The fourth-order valence-electron chi connectivity index (χ4n) is 4.51. The summed E-state index contributed by atoms with van der Waals surface area (Å²) in [7, 11) is 2.00. The standard InChI is InChI=1S/C26H34F3NO2/c1-19(2)32-23-10-8-22(9-11-23)30(3)17-16-25(31)14-12-20(13-15-25)18-21-6-4-5-7-24(21)26(27,28)29/h4-11,19-20,31H,12-18H2,1-3H3. The first kappa shape index (κ1) is 24.4. The van der Waals surface area contributed by atoms with Crippen LogP contribution in [0.25, 0.3) is 0 Å². The van der Waals surface area contributed by atoms with Gasteiger partial charge >= 0.3 is 6.18 Å². The molecule has 0 radical (unpaired) electrons. The summed E-state index contributed by atoms with van der Waals surface area (Å²) in [6, 6.07) is 13.8. The zero-order chi connectivity index (χ0) is 23.4. The van der Waals surface area contributed by atoms with Gasteiger partial charge in [0.15, 0.2) is 0 Å². The molecule has 0 atom stereocenters. The third-order valence-corrected chi connectivity index (χ3v) is 6.43. The molecule has 0 aliphatic heterocycles. The minimum atomic E-state index is -4.32. The molecule has 1 fully saturated rings. The van der Waals surface area contributed by atoms with E-state index in [0.717, 1.165) is 30.3 Å². The molecule has 32 heavy (non-hydrogen) atoms. The highest BCUT2D eigenvalue weighted by Gasteiger charge is 2.36. The van der Waals surface area contributed by atoms with Gasteiger partial charge in [0.05, 0.1) is 17.3 Å². The van der Waals surface area contributed by atoms with Gasteiger partial charge in [0.2, 0.25) is 0 Å². The van der Waals surface area contributed by atoms with Crippen LogP contribution in [-0.2, 0) is 12.6 Å². The maximum absolute atomic E-state index is 13.3. The second kappa shape index (κ2) is 10.2. The van der Waals surface area contributed by atoms with Crippen LogP contribution in [0.5, 0.6) is 5.75 Å². The lowest BCUT2D eigenvalue weighted by atomic mass is 9.75. The molecule has 0 saturated heterocycles. The van der Waals surface area contributed by atoms with Gasteiger partial charge in [-0.25, -0.2) is 0 Å². The molecular weight excluding hydrogens is 415 g/mol. The fraction of sp³-hybridized carbons (Fsp3) is 0.538. The summed E-state index contributed by atoms with van der Waals surface area (Å²) >= 11 is 0. The van der Waals surface area contributed by atoms with Crippen molar-refractivity contribution in [3.05, 3.63) is 59.7 Å². The Morgan fingerprint density at radius 1 is 1.06 bits per heavy atom. The number of nitrogens with zero attached hydrogens (tertiary/aromatic N) is 1. The molecule has 3 rings (SSSR count). The molecule has 1 N–H and O–H groups in total. The summed E-state index contributed by atoms with van der Waals surface area (Å²) in [4.78, 5) is 2.11. The zero-order valence-corrected chi connectivity index (χ0v) is 19.2. The van der Waals surface area contributed by atoms with Crippen molar-refractivity contribution < 1.29 is 23.0 Å². The van der Waals surface area contributed by atoms with E-state index >= 15 is 0 Å². The molecule has 1 saturated carbocycles. The predicted molar refractivity (Wildman–Crippen MR) is 122 cm³/mol. The number of alkyl halides is 3. The van der Waals surface area contributed by atoms with E-state index in [9.17, 15) is 18.3 Å². The Morgan fingerprint density at radius 2 is 1.69 bits per heavy atom. The number of anilines is 1. The quantitative estimate of drug-likeness (QED) is 0.500. The largest absolute Gasteiger partial charge is 0.491 e. The molecule has 0 aromatic heterocycles. The van der Waals surface area contributed by atoms with Crippen molar-refractivity contribution in [1.29, 1.82) is 0 Å². The molecule has 2 aromatic rings. The van der Waals surface area contributed by atoms with Crippen LogP contribution < -0.4 is 9.64 Å². The Kier molecular flexibility index (Phi) is 7.75. The van der Waals surface area contributed by atoms with Gasteiger partial charge in [-0.3, -0.25) is 0 Å². The summed E-state index contributed by atoms with van der Waals surface area (Å²) in [6.07, 6.45) is -0.403. The van der Waals surface area contributed by atoms with E-state index in [2.05, 4.69) is 4.90 Å². The predicted octanol–water partition coefficient (Wildman–Crippen LogP) is 6.48. The second-order valence-electron chi connectivity index (χ2n) is 9.36. The smallest absolute Gasteiger partial charge is 0.416 e. The normalized spacial score (nSPS) is 21.6. The number of hydrogen-bond acceptors (Lipinski definition) is 3. The Morgan fingerprint density at radius 3 is 2.28 bits per heavy atom. The van der Waals surface area contributed by atoms with Gasteiger partial charge in [0.1, 0.15) is 5.75 Å². The Balaban J connectivity index is 1.50. The molecule has 3 nitrogen and oxygen atoms in total. The SMILES string of the molecule is CC(C)Oc1ccc(N(C)CCC2(O)CCC(Cc3ccccc3C(F)(F)F)CC2)cc1. The van der Waals surface area contributed by atoms with Gasteiger partial charge in [-0.05, 0) is 94.2 Å². The van der Waals surface area contributed by atoms with E-state index in [1.807, 2.05) is 45.2 Å². The summed E-state index contributed by atoms with van der Waals surface area (Å²) < 4.78 is 45.5. The number of benzene rings is 2. The zero-order valence-electron chi connectivity index (χ0n) is 19.2. The summed E-state index contributed by atoms with van der Waals surface area (Å²) in [5.74, 6) is 1.01. The molecule has 1 aliphatic rings. The number of halogens is 3. The molecule has 6 heteroatoms. The minimum Gasteiger partial charge on any atom is -0.491 e. The van der Waals surface area contributed by atoms with E-state index in [4.69, 9.17) is 4.74 Å². The molecule has 0 bridgehead atoms. The lowest BCUT2D eigenvalue weighted by molar-refractivity contribution is -0.138. The molecule has 0 spiro atoms. The average Bonchev–Trinajstić information content (AvgIpc) is 2.74. The lowest BCUT2D eigenvalue weighted by Crippen LogP contribution is -2.38. The van der Waals surface area contributed by atoms with E-state index < -0.39 is 17.3 Å². The first-order valence-electron chi connectivity index (χ1n) is 11.4. The van der Waals surface area contributed by atoms with Gasteiger partial charge in [0.25, 0.3) is 0 Å². The molecule has 176 valence electrons. The van der Waals surface area contributed by atoms with Gasteiger partial charge < -0.3 is 14.7 Å². The van der Waals surface area contributed by atoms with Crippen LogP contribution in [-0.4, -0.2) is 30.4 Å². The van der Waals surface area contributed by atoms with Crippen molar-refractivity contribution in [3.8, 4) is 5.75 Å². The highest BCUT2D eigenvalue weighted by atomic mass is 19.4. The Labute approximate surface area is 189 Å². The monoisotopic (exact) mass is 449 g/mol. The minimum absolute atomic E-state index is 0.130. The van der Waals surface area contributed by atoms with Crippen LogP contribution in [0.2, 0.25) is 0 Å². The highest BCUT2D eigenvalue weighted by Crippen LogP contribution is 2.39. The van der Waals surface area contributed by atoms with Gasteiger partial charge in [-0.1, -0.05) is 18.2 Å². The van der Waals surface area contributed by atoms with E-state index in [1.54, 1.807) is 12.1 Å². The van der Waals surface area contributed by atoms with Crippen molar-refractivity contribution in [1.82, 2.24) is 0 Å². The lowest BCUT2D eigenvalue weighted by Gasteiger charge is -2.37. The van der Waals surface area contributed by atoms with Gasteiger partial charge in [-0.15, -0.1) is 0 Å². The Hall–Kier alpha value is -2.21. The van der Waals surface area contributed by atoms with Crippen LogP contribution in [0.1, 0.15) is 57.1 Å². The van der Waals surface area contributed by atoms with Crippen molar-refractivity contribution in [2.45, 2.75) is 70.3 Å². The first-order valence-corrected chi connectivity index (χ1v) is 11.4. The third-order valence-electron chi connectivity index (χ3n) is 6.43. The number of aliphatic hydroxyl groups is 1. The van der Waals surface area contributed by atoms with Crippen LogP contribution >= 0.6 is 0 Å². The summed E-state index contributed by atoms with van der Waals surface area (Å²) in [6.45, 7) is 4.69. The molecule has 2 aromatic carbocycles. The number of hydrogen-bond donors (Lipinski definition) is 1. The average molecular weight is 450 g/mol. The van der Waals surface area contributed by atoms with Gasteiger partial charge in [-0.2, -0.15) is 13.2 Å². The number of ether oxygens (including phenoxy) is 1. The summed E-state index contributed by atoms with van der Waals surface area (Å²) in [5.41, 5.74) is 0.129. The van der Waals surface area contributed by atoms with Crippen LogP contribution in [0.15, 0.2) is 48.5 Å². The summed E-state index contributed by atoms with van der Waals surface area (Å²) in [5, 5.41) is 11.1. The molecule has 1 aliphatic carbocycles. The van der Waals surface area contributed by atoms with Gasteiger partial charge in [0, 0.05) is 19.3 Å². The number of rotatable bonds is 8. The topological polar surface area (TPSA) is 32.7 Å². The fourth-order valence-corrected chi connectivity index (χ4v) is 4.51. The van der Waals surface area contributed by atoms with Crippen LogP contribution in [0, 0.1) is 5.92 Å². The van der Waals surface area contributed by atoms with Crippen molar-refractivity contribution >= 4 is 5.69 Å². The highest BCUT2D eigenvalue weighted by molar-refractivity contribution is 5.48. The maximum Gasteiger partial charge on any atom is 0.416 e. The van der Waals surface area contributed by atoms with E-state index in [1.165, 1.54) is 6.07 Å². The second-order valence-corrected chi connectivity index (χ2v) is 9.36. The maximum atomic E-state index is 13.3. The van der Waals surface area contributed by atoms with Crippen LogP contribution in [0.3, 0.4) is 0 Å². The van der Waals surface area contributed by atoms with Crippen LogP contribution in [0.4, 0.5) is 18.9 Å². The van der Waals surface area contributed by atoms with E-state index in [0.29, 0.717) is 37.8 Å². The third kappa shape index (κ3) is 6.64. The molecular formula is C26H34F3NO2. The van der Waals surface area contributed by atoms with Crippen molar-refractivity contribution in [3.63, 3.8) is 0 Å². The first-order chi connectivity index (χ1) is 15.1. The van der Waals surface area contributed by atoms with Crippen molar-refractivity contribution in [2.75, 3.05) is 18.5 Å². The van der Waals surface area contributed by atoms with Crippen molar-refractivity contribution in [2.24, 2.45) is 5.92 Å². The molecule has 0 unspecified atom stereocenters. The van der Waals surface area contributed by atoms with E-state index in [-0.39, 0.29) is 12.0 Å².